The number of carbonyl (C=O) groups excluding carboxylic acids is 1. The highest BCUT2D eigenvalue weighted by molar-refractivity contribution is 5.72. The van der Waals surface area contributed by atoms with E-state index in [9.17, 15) is 4.79 Å². The smallest absolute Gasteiger partial charge is 0.314 e. The van der Waals surface area contributed by atoms with Gasteiger partial charge in [-0.1, -0.05) is 19.8 Å². The summed E-state index contributed by atoms with van der Waals surface area (Å²) in [6.45, 7) is 5.10. The van der Waals surface area contributed by atoms with Gasteiger partial charge < -0.3 is 16.0 Å². The second-order valence-electron chi connectivity index (χ2n) is 6.04. The van der Waals surface area contributed by atoms with Gasteiger partial charge in [-0.3, -0.25) is 0 Å². The molecule has 1 aliphatic carbocycles. The van der Waals surface area contributed by atoms with E-state index >= 15 is 0 Å². The zero-order valence-corrected chi connectivity index (χ0v) is 11.6. The minimum Gasteiger partial charge on any atom is -0.351 e. The number of hydrogen-bond acceptors (Lipinski definition) is 2. The van der Waals surface area contributed by atoms with Crippen molar-refractivity contribution in [3.63, 3.8) is 0 Å². The van der Waals surface area contributed by atoms with E-state index in [1.54, 1.807) is 4.90 Å². The van der Waals surface area contributed by atoms with Crippen LogP contribution in [0, 0.1) is 5.41 Å². The molecule has 0 bridgehead atoms. The van der Waals surface area contributed by atoms with Gasteiger partial charge in [-0.2, -0.15) is 0 Å². The van der Waals surface area contributed by atoms with Gasteiger partial charge in [0.25, 0.3) is 0 Å². The molecule has 2 fully saturated rings. The van der Waals surface area contributed by atoms with Crippen LogP contribution < -0.4 is 11.1 Å². The number of nitrogens with zero attached hydrogens (tertiary/aromatic N) is 1. The first-order valence-corrected chi connectivity index (χ1v) is 7.43. The quantitative estimate of drug-likeness (QED) is 0.806. The SMILES string of the molecule is CCC1(CNC2CCN(C(N)=O)CC2)CCCC1. The van der Waals surface area contributed by atoms with Gasteiger partial charge in [0.15, 0.2) is 0 Å². The van der Waals surface area contributed by atoms with Crippen LogP contribution in [0.5, 0.6) is 0 Å². The summed E-state index contributed by atoms with van der Waals surface area (Å²) in [5.74, 6) is 0. The molecule has 1 saturated heterocycles. The summed E-state index contributed by atoms with van der Waals surface area (Å²) in [6, 6.07) is 0.305. The van der Waals surface area contributed by atoms with Crippen LogP contribution in [-0.4, -0.2) is 36.6 Å². The van der Waals surface area contributed by atoms with Crippen molar-refractivity contribution in [2.45, 2.75) is 57.9 Å². The van der Waals surface area contributed by atoms with E-state index < -0.39 is 0 Å². The molecule has 2 aliphatic rings. The van der Waals surface area contributed by atoms with Crippen LogP contribution in [0.2, 0.25) is 0 Å². The highest BCUT2D eigenvalue weighted by atomic mass is 16.2. The summed E-state index contributed by atoms with van der Waals surface area (Å²) in [6.07, 6.45) is 8.95. The number of rotatable bonds is 4. The summed E-state index contributed by atoms with van der Waals surface area (Å²) in [5, 5.41) is 3.74. The molecule has 0 aromatic heterocycles. The summed E-state index contributed by atoms with van der Waals surface area (Å²) in [5.41, 5.74) is 5.85. The van der Waals surface area contributed by atoms with Crippen molar-refractivity contribution in [2.75, 3.05) is 19.6 Å². The van der Waals surface area contributed by atoms with Crippen LogP contribution in [0.4, 0.5) is 4.79 Å². The number of likely N-dealkylation sites (tertiary alicyclic amines) is 1. The second-order valence-corrected chi connectivity index (χ2v) is 6.04. The lowest BCUT2D eigenvalue weighted by Gasteiger charge is -2.35. The lowest BCUT2D eigenvalue weighted by Crippen LogP contribution is -2.48. The molecule has 4 heteroatoms. The minimum atomic E-state index is -0.269. The van der Waals surface area contributed by atoms with Gasteiger partial charge in [-0.15, -0.1) is 0 Å². The van der Waals surface area contributed by atoms with Gasteiger partial charge in [-0.05, 0) is 37.5 Å². The molecule has 18 heavy (non-hydrogen) atoms. The predicted molar refractivity (Wildman–Crippen MR) is 73.4 cm³/mol. The van der Waals surface area contributed by atoms with Gasteiger partial charge in [0.2, 0.25) is 0 Å². The highest BCUT2D eigenvalue weighted by Crippen LogP contribution is 2.40. The van der Waals surface area contributed by atoms with E-state index in [0.29, 0.717) is 11.5 Å². The first kappa shape index (κ1) is 13.7. The molecular weight excluding hydrogens is 226 g/mol. The van der Waals surface area contributed by atoms with Gasteiger partial charge in [0.05, 0.1) is 0 Å². The Morgan fingerprint density at radius 2 is 1.94 bits per heavy atom. The van der Waals surface area contributed by atoms with Gasteiger partial charge in [0, 0.05) is 25.7 Å². The van der Waals surface area contributed by atoms with Crippen LogP contribution in [-0.2, 0) is 0 Å². The summed E-state index contributed by atoms with van der Waals surface area (Å²) < 4.78 is 0. The Kier molecular flexibility index (Phi) is 4.49. The molecule has 0 aromatic rings. The van der Waals surface area contributed by atoms with E-state index in [2.05, 4.69) is 12.2 Å². The Morgan fingerprint density at radius 1 is 1.33 bits per heavy atom. The van der Waals surface area contributed by atoms with Crippen molar-refractivity contribution < 1.29 is 4.79 Å². The fourth-order valence-electron chi connectivity index (χ4n) is 3.45. The first-order chi connectivity index (χ1) is 8.65. The number of hydrogen-bond donors (Lipinski definition) is 2. The number of amides is 2. The molecule has 1 heterocycles. The Bertz CT molecular complexity index is 279. The Labute approximate surface area is 110 Å². The Morgan fingerprint density at radius 3 is 2.44 bits per heavy atom. The fourth-order valence-corrected chi connectivity index (χ4v) is 3.45. The van der Waals surface area contributed by atoms with Gasteiger partial charge >= 0.3 is 6.03 Å². The molecule has 1 aliphatic heterocycles. The second kappa shape index (κ2) is 5.91. The van der Waals surface area contributed by atoms with Crippen LogP contribution >= 0.6 is 0 Å². The fraction of sp³-hybridized carbons (Fsp3) is 0.929. The molecule has 2 amide bonds. The van der Waals surface area contributed by atoms with Crippen LogP contribution in [0.25, 0.3) is 0 Å². The highest BCUT2D eigenvalue weighted by Gasteiger charge is 2.32. The number of primary amides is 1. The van der Waals surface area contributed by atoms with Crippen LogP contribution in [0.15, 0.2) is 0 Å². The molecule has 104 valence electrons. The molecule has 2 rings (SSSR count). The standard InChI is InChI=1S/C14H27N3O/c1-2-14(7-3-4-8-14)11-16-12-5-9-17(10-6-12)13(15)18/h12,16H,2-11H2,1H3,(H2,15,18). The molecule has 0 aromatic carbocycles. The summed E-state index contributed by atoms with van der Waals surface area (Å²) >= 11 is 0. The first-order valence-electron chi connectivity index (χ1n) is 7.43. The average Bonchev–Trinajstić information content (AvgIpc) is 2.86. The lowest BCUT2D eigenvalue weighted by atomic mass is 9.83. The summed E-state index contributed by atoms with van der Waals surface area (Å²) in [7, 11) is 0. The predicted octanol–water partition coefficient (Wildman–Crippen LogP) is 2.09. The molecule has 0 unspecified atom stereocenters. The molecule has 4 nitrogen and oxygen atoms in total. The molecule has 0 atom stereocenters. The number of nitrogens with two attached hydrogens (primary N) is 1. The van der Waals surface area contributed by atoms with E-state index in [1.165, 1.54) is 32.1 Å². The topological polar surface area (TPSA) is 58.4 Å². The third-order valence-electron chi connectivity index (χ3n) is 4.99. The largest absolute Gasteiger partial charge is 0.351 e. The minimum absolute atomic E-state index is 0.269. The monoisotopic (exact) mass is 253 g/mol. The molecule has 0 spiro atoms. The van der Waals surface area contributed by atoms with E-state index in [1.807, 2.05) is 0 Å². The van der Waals surface area contributed by atoms with Crippen molar-refractivity contribution in [3.05, 3.63) is 0 Å². The van der Waals surface area contributed by atoms with Crippen molar-refractivity contribution in [2.24, 2.45) is 11.1 Å². The van der Waals surface area contributed by atoms with Crippen molar-refractivity contribution >= 4 is 6.03 Å². The van der Waals surface area contributed by atoms with Crippen molar-refractivity contribution in [3.8, 4) is 0 Å². The number of piperidine rings is 1. The van der Waals surface area contributed by atoms with Crippen molar-refractivity contribution in [1.82, 2.24) is 10.2 Å². The lowest BCUT2D eigenvalue weighted by molar-refractivity contribution is 0.177. The third-order valence-corrected chi connectivity index (χ3v) is 4.99. The molecule has 3 N–H and O–H groups in total. The molecule has 0 radical (unpaired) electrons. The van der Waals surface area contributed by atoms with Gasteiger partial charge in [-0.25, -0.2) is 4.79 Å². The normalized spacial score (nSPS) is 24.4. The maximum Gasteiger partial charge on any atom is 0.314 e. The molecular formula is C14H27N3O. The van der Waals surface area contributed by atoms with E-state index in [-0.39, 0.29) is 6.03 Å². The van der Waals surface area contributed by atoms with E-state index in [4.69, 9.17) is 5.73 Å². The number of nitrogens with one attached hydrogen (secondary N) is 1. The van der Waals surface area contributed by atoms with Gasteiger partial charge in [0.1, 0.15) is 0 Å². The zero-order chi connectivity index (χ0) is 13.0. The van der Waals surface area contributed by atoms with Crippen LogP contribution in [0.1, 0.15) is 51.9 Å². The van der Waals surface area contributed by atoms with Crippen LogP contribution in [0.3, 0.4) is 0 Å². The summed E-state index contributed by atoms with van der Waals surface area (Å²) in [4.78, 5) is 12.8. The number of urea groups is 1. The maximum absolute atomic E-state index is 11.1. The zero-order valence-electron chi connectivity index (χ0n) is 11.6. The Hall–Kier alpha value is -0.770. The number of carbonyl (C=O) groups is 1. The third kappa shape index (κ3) is 3.16. The van der Waals surface area contributed by atoms with Crippen molar-refractivity contribution in [1.29, 1.82) is 0 Å². The maximum atomic E-state index is 11.1. The molecule has 1 saturated carbocycles. The van der Waals surface area contributed by atoms with E-state index in [0.717, 1.165) is 32.5 Å². The Balaban J connectivity index is 1.73. The average molecular weight is 253 g/mol.